The summed E-state index contributed by atoms with van der Waals surface area (Å²) in [5.74, 6) is 0.698. The van der Waals surface area contributed by atoms with E-state index in [1.54, 1.807) is 0 Å². The normalized spacial score (nSPS) is 14.1. The van der Waals surface area contributed by atoms with Crippen molar-refractivity contribution in [2.24, 2.45) is 0 Å². The monoisotopic (exact) mass is 295 g/mol. The first-order valence-corrected chi connectivity index (χ1v) is 8.12. The van der Waals surface area contributed by atoms with Crippen LogP contribution in [0, 0.1) is 0 Å². The van der Waals surface area contributed by atoms with E-state index in [-0.39, 0.29) is 5.97 Å². The Morgan fingerprint density at radius 3 is 2.50 bits per heavy atom. The van der Waals surface area contributed by atoms with E-state index in [1.807, 2.05) is 49.0 Å². The van der Waals surface area contributed by atoms with Gasteiger partial charge in [-0.25, -0.2) is 4.79 Å². The Labute approximate surface area is 126 Å². The largest absolute Gasteiger partial charge is 0.467 e. The molecule has 4 heteroatoms. The molecule has 1 N–H and O–H groups in total. The van der Waals surface area contributed by atoms with Crippen molar-refractivity contribution in [2.45, 2.75) is 38.0 Å². The number of carbonyl (C=O) groups excluding carboxylic acids is 1. The second-order valence-corrected chi connectivity index (χ2v) is 6.65. The third kappa shape index (κ3) is 4.25. The van der Waals surface area contributed by atoms with Crippen LogP contribution in [-0.4, -0.2) is 30.6 Å². The summed E-state index contributed by atoms with van der Waals surface area (Å²) < 4.78 is 5.07. The van der Waals surface area contributed by atoms with E-state index < -0.39 is 5.54 Å². The number of carbonyl (C=O) groups is 1. The zero-order chi connectivity index (χ0) is 15.0. The van der Waals surface area contributed by atoms with E-state index in [4.69, 9.17) is 4.74 Å². The van der Waals surface area contributed by atoms with Crippen LogP contribution >= 0.6 is 11.8 Å². The van der Waals surface area contributed by atoms with Crippen LogP contribution in [0.4, 0.5) is 0 Å². The summed E-state index contributed by atoms with van der Waals surface area (Å²) in [5.41, 5.74) is 0.227. The van der Waals surface area contributed by atoms with Crippen molar-refractivity contribution in [3.63, 3.8) is 0 Å². The molecule has 0 saturated carbocycles. The number of esters is 1. The molecule has 1 rings (SSSR count). The van der Waals surface area contributed by atoms with Crippen LogP contribution in [0.25, 0.3) is 0 Å². The highest BCUT2D eigenvalue weighted by atomic mass is 32.2. The fourth-order valence-corrected chi connectivity index (χ4v) is 3.17. The first kappa shape index (κ1) is 17.1. The molecule has 0 aliphatic rings. The molecule has 0 amide bonds. The second-order valence-electron chi connectivity index (χ2n) is 4.96. The molecule has 0 radical (unpaired) electrons. The number of methoxy groups -OCH3 is 1. The molecule has 112 valence electrons. The Hall–Kier alpha value is -1.00. The molecule has 0 fully saturated rings. The maximum Gasteiger partial charge on any atom is 0.330 e. The predicted octanol–water partition coefficient (Wildman–Crippen LogP) is 3.20. The van der Waals surface area contributed by atoms with E-state index in [0.29, 0.717) is 5.25 Å². The minimum atomic E-state index is -0.743. The van der Waals surface area contributed by atoms with Crippen LogP contribution in [0.3, 0.4) is 0 Å². The van der Waals surface area contributed by atoms with Gasteiger partial charge in [-0.1, -0.05) is 51.1 Å². The predicted molar refractivity (Wildman–Crippen MR) is 86.0 cm³/mol. The fourth-order valence-electron chi connectivity index (χ4n) is 2.27. The Morgan fingerprint density at radius 1 is 1.35 bits per heavy atom. The van der Waals surface area contributed by atoms with E-state index in [9.17, 15) is 4.79 Å². The summed E-state index contributed by atoms with van der Waals surface area (Å²) in [5, 5.41) is 3.91. The number of ether oxygens (including phenoxy) is 1. The number of hydrogen-bond acceptors (Lipinski definition) is 4. The smallest absolute Gasteiger partial charge is 0.330 e. The first-order valence-electron chi connectivity index (χ1n) is 7.07. The van der Waals surface area contributed by atoms with Crippen LogP contribution in [0.1, 0.15) is 32.8 Å². The van der Waals surface area contributed by atoms with Crippen LogP contribution in [0.15, 0.2) is 30.3 Å². The van der Waals surface area contributed by atoms with Gasteiger partial charge in [0.1, 0.15) is 5.54 Å². The topological polar surface area (TPSA) is 38.3 Å². The molecular formula is C16H25NO2S. The number of thioether (sulfide) groups is 1. The lowest BCUT2D eigenvalue weighted by Crippen LogP contribution is -2.50. The lowest BCUT2D eigenvalue weighted by molar-refractivity contribution is -0.149. The zero-order valence-corrected chi connectivity index (χ0v) is 13.6. The van der Waals surface area contributed by atoms with Gasteiger partial charge in [0, 0.05) is 0 Å². The molecule has 0 bridgehead atoms. The Morgan fingerprint density at radius 2 is 2.00 bits per heavy atom. The van der Waals surface area contributed by atoms with Crippen molar-refractivity contribution >= 4 is 17.7 Å². The summed E-state index contributed by atoms with van der Waals surface area (Å²) in [7, 11) is 1.45. The summed E-state index contributed by atoms with van der Waals surface area (Å²) in [6, 6.07) is 9.85. The van der Waals surface area contributed by atoms with Gasteiger partial charge < -0.3 is 4.74 Å². The van der Waals surface area contributed by atoms with Gasteiger partial charge in [0.15, 0.2) is 0 Å². The Bertz CT molecular complexity index is 408. The van der Waals surface area contributed by atoms with Gasteiger partial charge in [-0.2, -0.15) is 11.8 Å². The highest BCUT2D eigenvalue weighted by Crippen LogP contribution is 2.29. The summed E-state index contributed by atoms with van der Waals surface area (Å²) in [6.07, 6.45) is 0.723. The van der Waals surface area contributed by atoms with Crippen molar-refractivity contribution in [2.75, 3.05) is 19.4 Å². The molecule has 1 atom stereocenters. The second kappa shape index (κ2) is 8.32. The lowest BCUT2D eigenvalue weighted by Gasteiger charge is -2.32. The van der Waals surface area contributed by atoms with Gasteiger partial charge in [-0.05, 0) is 29.5 Å². The summed E-state index contributed by atoms with van der Waals surface area (Å²) in [6.45, 7) is 7.06. The van der Waals surface area contributed by atoms with E-state index in [2.05, 4.69) is 19.2 Å². The van der Waals surface area contributed by atoms with Gasteiger partial charge in [0.25, 0.3) is 0 Å². The molecule has 0 aliphatic heterocycles. The van der Waals surface area contributed by atoms with E-state index in [1.165, 1.54) is 7.11 Å². The first-order chi connectivity index (χ1) is 9.56. The molecule has 1 aromatic carbocycles. The molecule has 3 nitrogen and oxygen atoms in total. The van der Waals surface area contributed by atoms with Crippen molar-refractivity contribution in [3.8, 4) is 0 Å². The molecule has 0 aromatic heterocycles. The zero-order valence-electron chi connectivity index (χ0n) is 12.8. The molecule has 20 heavy (non-hydrogen) atoms. The van der Waals surface area contributed by atoms with Crippen LogP contribution < -0.4 is 5.32 Å². The molecule has 0 aliphatic carbocycles. The minimum Gasteiger partial charge on any atom is -0.467 e. The average molecular weight is 295 g/mol. The van der Waals surface area contributed by atoms with E-state index in [0.717, 1.165) is 24.3 Å². The van der Waals surface area contributed by atoms with Crippen molar-refractivity contribution in [1.82, 2.24) is 5.32 Å². The van der Waals surface area contributed by atoms with E-state index >= 15 is 0 Å². The van der Waals surface area contributed by atoms with Crippen molar-refractivity contribution in [1.29, 1.82) is 0 Å². The molecule has 1 unspecified atom stereocenters. The number of likely N-dealkylation sites (N-methyl/N-ethyl adjacent to an activating group) is 1. The van der Waals surface area contributed by atoms with Crippen LogP contribution in [0.2, 0.25) is 0 Å². The summed E-state index contributed by atoms with van der Waals surface area (Å²) >= 11 is 1.86. The minimum absolute atomic E-state index is 0.213. The molecule has 0 spiro atoms. The number of benzene rings is 1. The third-order valence-electron chi connectivity index (χ3n) is 3.21. The molecule has 1 aromatic rings. The van der Waals surface area contributed by atoms with Gasteiger partial charge in [0.05, 0.1) is 7.11 Å². The molecule has 0 saturated heterocycles. The van der Waals surface area contributed by atoms with Crippen molar-refractivity contribution < 1.29 is 9.53 Å². The molecular weight excluding hydrogens is 270 g/mol. The maximum absolute atomic E-state index is 12.4. The van der Waals surface area contributed by atoms with Crippen LogP contribution in [-0.2, 0) is 15.1 Å². The quantitative estimate of drug-likeness (QED) is 0.748. The van der Waals surface area contributed by atoms with Gasteiger partial charge in [-0.3, -0.25) is 5.32 Å². The average Bonchev–Trinajstić information content (AvgIpc) is 2.46. The Kier molecular flexibility index (Phi) is 7.10. The number of rotatable bonds is 8. The molecule has 0 heterocycles. The van der Waals surface area contributed by atoms with Crippen LogP contribution in [0.5, 0.6) is 0 Å². The van der Waals surface area contributed by atoms with Gasteiger partial charge in [-0.15, -0.1) is 0 Å². The standard InChI is InChI=1S/C16H25NO2S/c1-5-17-16(15(18)19-4,11-12-20-13(2)3)14-9-7-6-8-10-14/h6-10,13,17H,5,11-12H2,1-4H3. The third-order valence-corrected chi connectivity index (χ3v) is 4.31. The highest BCUT2D eigenvalue weighted by Gasteiger charge is 2.40. The maximum atomic E-state index is 12.4. The fraction of sp³-hybridized carbons (Fsp3) is 0.562. The van der Waals surface area contributed by atoms with Gasteiger partial charge >= 0.3 is 5.97 Å². The highest BCUT2D eigenvalue weighted by molar-refractivity contribution is 7.99. The summed E-state index contributed by atoms with van der Waals surface area (Å²) in [4.78, 5) is 12.4. The lowest BCUT2D eigenvalue weighted by atomic mass is 9.87. The Balaban J connectivity index is 3.04. The van der Waals surface area contributed by atoms with Crippen molar-refractivity contribution in [3.05, 3.63) is 35.9 Å². The number of nitrogens with one attached hydrogen (secondary N) is 1. The van der Waals surface area contributed by atoms with Gasteiger partial charge in [0.2, 0.25) is 0 Å². The SMILES string of the molecule is CCNC(CCSC(C)C)(C(=O)OC)c1ccccc1. The number of hydrogen-bond donors (Lipinski definition) is 1.